The van der Waals surface area contributed by atoms with Crippen LogP contribution in [0.15, 0.2) is 30.3 Å². The maximum absolute atomic E-state index is 12.7. The highest BCUT2D eigenvalue weighted by Gasteiger charge is 2.17. The van der Waals surface area contributed by atoms with Gasteiger partial charge in [-0.05, 0) is 25.0 Å². The lowest BCUT2D eigenvalue weighted by atomic mass is 10.1. The maximum atomic E-state index is 12.7. The Balaban J connectivity index is 2.47. The van der Waals surface area contributed by atoms with Gasteiger partial charge < -0.3 is 10.2 Å². The average Bonchev–Trinajstić information content (AvgIpc) is 2.45. The first kappa shape index (κ1) is 15.3. The number of aromatic nitrogens is 1. The molecule has 0 aliphatic rings. The minimum atomic E-state index is 0.0430. The van der Waals surface area contributed by atoms with E-state index in [1.807, 2.05) is 44.3 Å². The van der Waals surface area contributed by atoms with Crippen LogP contribution in [0.25, 0.3) is 10.9 Å². The minimum Gasteiger partial charge on any atom is -0.370 e. The zero-order valence-corrected chi connectivity index (χ0v) is 13.2. The number of nitrogens with one attached hydrogen (secondary N) is 1. The zero-order chi connectivity index (χ0) is 15.4. The van der Waals surface area contributed by atoms with Gasteiger partial charge >= 0.3 is 0 Å². The summed E-state index contributed by atoms with van der Waals surface area (Å²) in [7, 11) is 1.85. The number of rotatable bonds is 5. The molecule has 0 saturated carbocycles. The molecule has 0 aliphatic heterocycles. The Morgan fingerprint density at radius 1 is 1.33 bits per heavy atom. The van der Waals surface area contributed by atoms with Crippen LogP contribution in [0, 0.1) is 5.92 Å². The highest BCUT2D eigenvalue weighted by molar-refractivity contribution is 6.06. The SMILES string of the molecule is CCNc1cc(C(=O)N(C)CC(C)C)c2ccccc2n1. The fourth-order valence-electron chi connectivity index (χ4n) is 2.46. The largest absolute Gasteiger partial charge is 0.370 e. The van der Waals surface area contributed by atoms with E-state index in [9.17, 15) is 4.79 Å². The Morgan fingerprint density at radius 3 is 2.71 bits per heavy atom. The summed E-state index contributed by atoms with van der Waals surface area (Å²) >= 11 is 0. The number of hydrogen-bond donors (Lipinski definition) is 1. The van der Waals surface area contributed by atoms with Gasteiger partial charge in [-0.2, -0.15) is 0 Å². The van der Waals surface area contributed by atoms with E-state index >= 15 is 0 Å². The van der Waals surface area contributed by atoms with Crippen LogP contribution in [0.3, 0.4) is 0 Å². The number of pyridine rings is 1. The Hall–Kier alpha value is -2.10. The number of amides is 1. The minimum absolute atomic E-state index is 0.0430. The molecule has 21 heavy (non-hydrogen) atoms. The molecule has 112 valence electrons. The molecule has 0 atom stereocenters. The molecule has 2 rings (SSSR count). The van der Waals surface area contributed by atoms with Crippen LogP contribution in [0.2, 0.25) is 0 Å². The molecule has 0 radical (unpaired) electrons. The third-order valence-electron chi connectivity index (χ3n) is 3.29. The van der Waals surface area contributed by atoms with Crippen molar-refractivity contribution in [3.8, 4) is 0 Å². The van der Waals surface area contributed by atoms with Crippen molar-refractivity contribution in [2.45, 2.75) is 20.8 Å². The molecular formula is C17H23N3O. The molecule has 4 nitrogen and oxygen atoms in total. The maximum Gasteiger partial charge on any atom is 0.254 e. The summed E-state index contributed by atoms with van der Waals surface area (Å²) in [6, 6.07) is 9.63. The molecule has 0 fully saturated rings. The first-order valence-corrected chi connectivity index (χ1v) is 7.42. The van der Waals surface area contributed by atoms with Crippen LogP contribution in [0.4, 0.5) is 5.82 Å². The van der Waals surface area contributed by atoms with Crippen molar-refractivity contribution in [2.24, 2.45) is 5.92 Å². The van der Waals surface area contributed by atoms with Crippen molar-refractivity contribution in [1.82, 2.24) is 9.88 Å². The summed E-state index contributed by atoms with van der Waals surface area (Å²) in [6.07, 6.45) is 0. The van der Waals surface area contributed by atoms with E-state index in [0.29, 0.717) is 11.5 Å². The Morgan fingerprint density at radius 2 is 2.05 bits per heavy atom. The van der Waals surface area contributed by atoms with E-state index in [4.69, 9.17) is 0 Å². The van der Waals surface area contributed by atoms with Gasteiger partial charge in [0, 0.05) is 25.5 Å². The number of carbonyl (C=O) groups is 1. The molecule has 4 heteroatoms. The number of carbonyl (C=O) groups excluding carboxylic acids is 1. The van der Waals surface area contributed by atoms with Gasteiger partial charge in [0.15, 0.2) is 0 Å². The number of anilines is 1. The van der Waals surface area contributed by atoms with Gasteiger partial charge in [0.2, 0.25) is 0 Å². The standard InChI is InChI=1S/C17H23N3O/c1-5-18-16-10-14(17(21)20(4)11-12(2)3)13-8-6-7-9-15(13)19-16/h6-10,12H,5,11H2,1-4H3,(H,18,19). The van der Waals surface area contributed by atoms with E-state index in [0.717, 1.165) is 29.8 Å². The Labute approximate surface area is 126 Å². The average molecular weight is 285 g/mol. The molecule has 0 spiro atoms. The summed E-state index contributed by atoms with van der Waals surface area (Å²) in [4.78, 5) is 19.0. The van der Waals surface area contributed by atoms with Crippen LogP contribution < -0.4 is 5.32 Å². The van der Waals surface area contributed by atoms with Crippen molar-refractivity contribution in [2.75, 3.05) is 25.5 Å². The first-order valence-electron chi connectivity index (χ1n) is 7.42. The van der Waals surface area contributed by atoms with Gasteiger partial charge in [-0.15, -0.1) is 0 Å². The van der Waals surface area contributed by atoms with Crippen LogP contribution in [0.5, 0.6) is 0 Å². The number of hydrogen-bond acceptors (Lipinski definition) is 3. The number of para-hydroxylation sites is 1. The summed E-state index contributed by atoms with van der Waals surface area (Å²) in [5.41, 5.74) is 1.55. The lowest BCUT2D eigenvalue weighted by molar-refractivity contribution is 0.0781. The van der Waals surface area contributed by atoms with Crippen LogP contribution in [-0.2, 0) is 0 Å². The Kier molecular flexibility index (Phi) is 4.78. The summed E-state index contributed by atoms with van der Waals surface area (Å²) in [5, 5.41) is 4.10. The lowest BCUT2D eigenvalue weighted by Gasteiger charge is -2.20. The molecule has 0 bridgehead atoms. The predicted molar refractivity (Wildman–Crippen MR) is 87.7 cm³/mol. The smallest absolute Gasteiger partial charge is 0.254 e. The first-order chi connectivity index (χ1) is 10.0. The molecular weight excluding hydrogens is 262 g/mol. The van der Waals surface area contributed by atoms with Crippen molar-refractivity contribution in [3.63, 3.8) is 0 Å². The molecule has 1 amide bonds. The second kappa shape index (κ2) is 6.57. The number of nitrogens with zero attached hydrogens (tertiary/aromatic N) is 2. The van der Waals surface area contributed by atoms with Gasteiger partial charge in [0.05, 0.1) is 11.1 Å². The molecule has 0 saturated heterocycles. The summed E-state index contributed by atoms with van der Waals surface area (Å²) in [6.45, 7) is 7.76. The summed E-state index contributed by atoms with van der Waals surface area (Å²) in [5.74, 6) is 1.24. The second-order valence-electron chi connectivity index (χ2n) is 5.68. The second-order valence-corrected chi connectivity index (χ2v) is 5.68. The molecule has 0 unspecified atom stereocenters. The molecule has 1 aromatic heterocycles. The normalized spacial score (nSPS) is 10.9. The third kappa shape index (κ3) is 3.51. The van der Waals surface area contributed by atoms with Gasteiger partial charge in [-0.3, -0.25) is 4.79 Å². The fourth-order valence-corrected chi connectivity index (χ4v) is 2.46. The quantitative estimate of drug-likeness (QED) is 0.916. The summed E-state index contributed by atoms with van der Waals surface area (Å²) < 4.78 is 0. The monoisotopic (exact) mass is 285 g/mol. The predicted octanol–water partition coefficient (Wildman–Crippen LogP) is 3.39. The molecule has 0 aliphatic carbocycles. The van der Waals surface area contributed by atoms with E-state index in [-0.39, 0.29) is 5.91 Å². The number of fused-ring (bicyclic) bond motifs is 1. The van der Waals surface area contributed by atoms with Crippen molar-refractivity contribution in [3.05, 3.63) is 35.9 Å². The molecule has 1 aromatic carbocycles. The van der Waals surface area contributed by atoms with Gasteiger partial charge in [0.1, 0.15) is 5.82 Å². The van der Waals surface area contributed by atoms with Crippen LogP contribution in [0.1, 0.15) is 31.1 Å². The third-order valence-corrected chi connectivity index (χ3v) is 3.29. The Bertz CT molecular complexity index is 637. The fraction of sp³-hybridized carbons (Fsp3) is 0.412. The van der Waals surface area contributed by atoms with Crippen molar-refractivity contribution in [1.29, 1.82) is 0 Å². The van der Waals surface area contributed by atoms with E-state index in [2.05, 4.69) is 24.1 Å². The van der Waals surface area contributed by atoms with Crippen molar-refractivity contribution < 1.29 is 4.79 Å². The molecule has 1 heterocycles. The number of benzene rings is 1. The topological polar surface area (TPSA) is 45.2 Å². The lowest BCUT2D eigenvalue weighted by Crippen LogP contribution is -2.30. The molecule has 2 aromatic rings. The van der Waals surface area contributed by atoms with Crippen LogP contribution >= 0.6 is 0 Å². The highest BCUT2D eigenvalue weighted by Crippen LogP contribution is 2.22. The van der Waals surface area contributed by atoms with E-state index < -0.39 is 0 Å². The van der Waals surface area contributed by atoms with Gasteiger partial charge in [-0.25, -0.2) is 4.98 Å². The van der Waals surface area contributed by atoms with Gasteiger partial charge in [-0.1, -0.05) is 32.0 Å². The van der Waals surface area contributed by atoms with E-state index in [1.54, 1.807) is 4.90 Å². The van der Waals surface area contributed by atoms with Gasteiger partial charge in [0.25, 0.3) is 5.91 Å². The van der Waals surface area contributed by atoms with Crippen molar-refractivity contribution >= 4 is 22.6 Å². The van der Waals surface area contributed by atoms with Crippen LogP contribution in [-0.4, -0.2) is 35.9 Å². The van der Waals surface area contributed by atoms with E-state index in [1.165, 1.54) is 0 Å². The molecule has 1 N–H and O–H groups in total. The highest BCUT2D eigenvalue weighted by atomic mass is 16.2. The zero-order valence-electron chi connectivity index (χ0n) is 13.2.